The largest absolute Gasteiger partial charge is 0.394 e. The van der Waals surface area contributed by atoms with E-state index in [1.165, 1.54) is 0 Å². The maximum absolute atomic E-state index is 10.9. The average Bonchev–Trinajstić information content (AvgIpc) is 2.20. The van der Waals surface area contributed by atoms with Crippen molar-refractivity contribution in [2.75, 3.05) is 23.7 Å². The minimum absolute atomic E-state index is 0.0491. The smallest absolute Gasteiger partial charge is 0.236 e. The predicted molar refractivity (Wildman–Crippen MR) is 63.3 cm³/mol. The van der Waals surface area contributed by atoms with Gasteiger partial charge in [0.25, 0.3) is 0 Å². The zero-order valence-electron chi connectivity index (χ0n) is 9.20. The minimum Gasteiger partial charge on any atom is -0.394 e. The number of halogens is 1. The molecule has 88 valence electrons. The number of nitrogens with zero attached hydrogens (tertiary/aromatic N) is 3. The average molecular weight is 244 g/mol. The fraction of sp³-hybridized carbons (Fsp3) is 0.444. The van der Waals surface area contributed by atoms with Crippen LogP contribution in [0.5, 0.6) is 0 Å². The highest BCUT2D eigenvalue weighted by atomic mass is 35.5. The van der Waals surface area contributed by atoms with Gasteiger partial charge >= 0.3 is 0 Å². The van der Waals surface area contributed by atoms with Crippen LogP contribution in [0.4, 0.5) is 11.5 Å². The van der Waals surface area contributed by atoms with Crippen molar-refractivity contribution >= 4 is 29.0 Å². The quantitative estimate of drug-likeness (QED) is 0.743. The van der Waals surface area contributed by atoms with E-state index in [1.54, 1.807) is 11.8 Å². The molecule has 6 nitrogen and oxygen atoms in total. The number of anilines is 2. The van der Waals surface area contributed by atoms with Gasteiger partial charge in [-0.15, -0.1) is 0 Å². The van der Waals surface area contributed by atoms with Crippen LogP contribution < -0.4 is 16.4 Å². The van der Waals surface area contributed by atoms with Crippen molar-refractivity contribution in [3.05, 3.63) is 11.0 Å². The highest BCUT2D eigenvalue weighted by Crippen LogP contribution is 2.24. The lowest BCUT2D eigenvalue weighted by atomic mass is 10.3. The van der Waals surface area contributed by atoms with Crippen LogP contribution in [0.15, 0.2) is 0 Å². The Labute approximate surface area is 98.6 Å². The van der Waals surface area contributed by atoms with Crippen molar-refractivity contribution in [3.63, 3.8) is 0 Å². The lowest BCUT2D eigenvalue weighted by molar-refractivity contribution is -0.116. The normalized spacial score (nSPS) is 10.2. The second-order valence-corrected chi connectivity index (χ2v) is 3.63. The van der Waals surface area contributed by atoms with Crippen LogP contribution >= 0.6 is 11.6 Å². The van der Waals surface area contributed by atoms with Crippen molar-refractivity contribution in [2.45, 2.75) is 13.8 Å². The Kier molecular flexibility index (Phi) is 3.89. The molecule has 7 heteroatoms. The molecule has 0 aliphatic carbocycles. The van der Waals surface area contributed by atoms with E-state index < -0.39 is 5.91 Å². The summed E-state index contributed by atoms with van der Waals surface area (Å²) < 4.78 is 0. The molecule has 0 aliphatic rings. The van der Waals surface area contributed by atoms with Gasteiger partial charge in [0.1, 0.15) is 0 Å². The number of nitrogens with two attached hydrogens (primary N) is 2. The standard InChI is InChI=1S/C9H14ClN5O/c1-3-15(4-6(11)16)8-7(12)5(2)13-9(10)14-8/h3-4,12H2,1-2H3,(H2,11,16). The number of likely N-dealkylation sites (N-methyl/N-ethyl adjacent to an activating group) is 1. The number of hydrogen-bond acceptors (Lipinski definition) is 5. The Morgan fingerprint density at radius 3 is 2.62 bits per heavy atom. The molecule has 0 aromatic carbocycles. The number of primary amides is 1. The van der Waals surface area contributed by atoms with E-state index in [4.69, 9.17) is 23.1 Å². The van der Waals surface area contributed by atoms with Gasteiger partial charge in [0.15, 0.2) is 5.82 Å². The Bertz CT molecular complexity index is 409. The molecule has 0 aliphatic heterocycles. The molecule has 1 aromatic heterocycles. The first-order valence-electron chi connectivity index (χ1n) is 4.78. The second-order valence-electron chi connectivity index (χ2n) is 3.30. The summed E-state index contributed by atoms with van der Waals surface area (Å²) in [6.07, 6.45) is 0. The monoisotopic (exact) mass is 243 g/mol. The van der Waals surface area contributed by atoms with E-state index in [-0.39, 0.29) is 11.8 Å². The molecule has 0 saturated heterocycles. The van der Waals surface area contributed by atoms with Gasteiger partial charge in [-0.25, -0.2) is 4.98 Å². The third kappa shape index (κ3) is 2.73. The lowest BCUT2D eigenvalue weighted by Gasteiger charge is -2.22. The fourth-order valence-electron chi connectivity index (χ4n) is 1.30. The topological polar surface area (TPSA) is 98.1 Å². The molecular weight excluding hydrogens is 230 g/mol. The summed E-state index contributed by atoms with van der Waals surface area (Å²) in [5, 5.41) is 0.102. The molecule has 0 saturated carbocycles. The SMILES string of the molecule is CCN(CC(N)=O)c1nc(Cl)nc(C)c1N. The Morgan fingerprint density at radius 2 is 2.12 bits per heavy atom. The van der Waals surface area contributed by atoms with Crippen LogP contribution in [0, 0.1) is 6.92 Å². The highest BCUT2D eigenvalue weighted by molar-refractivity contribution is 6.28. The van der Waals surface area contributed by atoms with Gasteiger partial charge in [-0.3, -0.25) is 4.79 Å². The Morgan fingerprint density at radius 1 is 1.50 bits per heavy atom. The van der Waals surface area contributed by atoms with Crippen molar-refractivity contribution in [2.24, 2.45) is 5.73 Å². The van der Waals surface area contributed by atoms with Crippen molar-refractivity contribution in [1.82, 2.24) is 9.97 Å². The van der Waals surface area contributed by atoms with E-state index in [9.17, 15) is 4.79 Å². The molecule has 0 bridgehead atoms. The Hall–Kier alpha value is -1.56. The first kappa shape index (κ1) is 12.5. The van der Waals surface area contributed by atoms with E-state index in [1.807, 2.05) is 6.92 Å². The molecule has 0 fully saturated rings. The number of amides is 1. The van der Waals surface area contributed by atoms with E-state index in [0.717, 1.165) is 0 Å². The summed E-state index contributed by atoms with van der Waals surface area (Å²) in [6, 6.07) is 0. The molecule has 0 radical (unpaired) electrons. The van der Waals surface area contributed by atoms with Crippen LogP contribution in [0.3, 0.4) is 0 Å². The van der Waals surface area contributed by atoms with Gasteiger partial charge in [0.05, 0.1) is 17.9 Å². The van der Waals surface area contributed by atoms with Gasteiger partial charge in [-0.1, -0.05) is 0 Å². The summed E-state index contributed by atoms with van der Waals surface area (Å²) in [5.74, 6) is -0.00700. The Balaban J connectivity index is 3.13. The first-order chi connectivity index (χ1) is 7.45. The third-order valence-electron chi connectivity index (χ3n) is 2.12. The van der Waals surface area contributed by atoms with Gasteiger partial charge in [0.2, 0.25) is 11.2 Å². The van der Waals surface area contributed by atoms with Crippen LogP contribution in [0.2, 0.25) is 5.28 Å². The van der Waals surface area contributed by atoms with Crippen LogP contribution in [0.25, 0.3) is 0 Å². The highest BCUT2D eigenvalue weighted by Gasteiger charge is 2.15. The predicted octanol–water partition coefficient (Wildman–Crippen LogP) is 0.332. The molecule has 16 heavy (non-hydrogen) atoms. The summed E-state index contributed by atoms with van der Waals surface area (Å²) in [7, 11) is 0. The molecular formula is C9H14ClN5O. The summed E-state index contributed by atoms with van der Waals surface area (Å²) in [5.41, 5.74) is 12.0. The van der Waals surface area contributed by atoms with Crippen molar-refractivity contribution in [1.29, 1.82) is 0 Å². The number of aromatic nitrogens is 2. The summed E-state index contributed by atoms with van der Waals surface area (Å²) >= 11 is 5.74. The maximum Gasteiger partial charge on any atom is 0.236 e. The number of carbonyl (C=O) groups excluding carboxylic acids is 1. The van der Waals surface area contributed by atoms with E-state index in [0.29, 0.717) is 23.7 Å². The lowest BCUT2D eigenvalue weighted by Crippen LogP contribution is -2.34. The molecule has 1 heterocycles. The van der Waals surface area contributed by atoms with Crippen molar-refractivity contribution in [3.8, 4) is 0 Å². The number of aryl methyl sites for hydroxylation is 1. The third-order valence-corrected chi connectivity index (χ3v) is 2.29. The van der Waals surface area contributed by atoms with Gasteiger partial charge in [-0.05, 0) is 25.4 Å². The molecule has 1 rings (SSSR count). The molecule has 0 unspecified atom stereocenters. The summed E-state index contributed by atoms with van der Waals surface area (Å²) in [4.78, 5) is 20.5. The number of carbonyl (C=O) groups is 1. The number of nitrogen functional groups attached to an aromatic ring is 1. The molecule has 4 N–H and O–H groups in total. The first-order valence-corrected chi connectivity index (χ1v) is 5.16. The van der Waals surface area contributed by atoms with Crippen LogP contribution in [-0.2, 0) is 4.79 Å². The van der Waals surface area contributed by atoms with Crippen molar-refractivity contribution < 1.29 is 4.79 Å². The molecule has 0 atom stereocenters. The van der Waals surface area contributed by atoms with Gasteiger partial charge < -0.3 is 16.4 Å². The van der Waals surface area contributed by atoms with E-state index in [2.05, 4.69) is 9.97 Å². The summed E-state index contributed by atoms with van der Waals surface area (Å²) in [6.45, 7) is 4.20. The zero-order chi connectivity index (χ0) is 12.3. The number of rotatable bonds is 4. The fourth-order valence-corrected chi connectivity index (χ4v) is 1.51. The maximum atomic E-state index is 10.9. The number of hydrogen-bond donors (Lipinski definition) is 2. The zero-order valence-corrected chi connectivity index (χ0v) is 9.95. The van der Waals surface area contributed by atoms with E-state index >= 15 is 0 Å². The second kappa shape index (κ2) is 4.98. The van der Waals surface area contributed by atoms with Crippen LogP contribution in [-0.4, -0.2) is 29.0 Å². The molecule has 1 aromatic rings. The van der Waals surface area contributed by atoms with Gasteiger partial charge in [0, 0.05) is 6.54 Å². The van der Waals surface area contributed by atoms with Crippen LogP contribution in [0.1, 0.15) is 12.6 Å². The molecule has 0 spiro atoms. The minimum atomic E-state index is -0.450. The van der Waals surface area contributed by atoms with Gasteiger partial charge in [-0.2, -0.15) is 4.98 Å². The molecule has 1 amide bonds.